The van der Waals surface area contributed by atoms with Gasteiger partial charge >= 0.3 is 0 Å². The summed E-state index contributed by atoms with van der Waals surface area (Å²) in [6.45, 7) is 4.30. The number of hydrogen-bond acceptors (Lipinski definition) is 2. The van der Waals surface area contributed by atoms with Crippen molar-refractivity contribution >= 4 is 82.1 Å². The first kappa shape index (κ1) is 24.9. The molecule has 0 aliphatic carbocycles. The molecule has 0 bridgehead atoms. The number of rotatable bonds is 3. The fraction of sp³-hybridized carbons (Fsp3) is 0.0476. The molecule has 44 heavy (non-hydrogen) atoms. The van der Waals surface area contributed by atoms with E-state index >= 15 is 0 Å². The summed E-state index contributed by atoms with van der Waals surface area (Å²) in [4.78, 5) is 2.37. The minimum Gasteiger partial charge on any atom is -0.456 e. The van der Waals surface area contributed by atoms with Crippen molar-refractivity contribution in [3.63, 3.8) is 0 Å². The summed E-state index contributed by atoms with van der Waals surface area (Å²) in [7, 11) is 0. The van der Waals surface area contributed by atoms with Crippen LogP contribution < -0.4 is 4.90 Å². The smallest absolute Gasteiger partial charge is 0.138 e. The number of fused-ring (bicyclic) bond motifs is 11. The van der Waals surface area contributed by atoms with Gasteiger partial charge in [0.1, 0.15) is 11.2 Å². The van der Waals surface area contributed by atoms with E-state index in [4.69, 9.17) is 4.42 Å². The van der Waals surface area contributed by atoms with Crippen molar-refractivity contribution < 1.29 is 4.42 Å². The number of nitrogens with zero attached hydrogens (tertiary/aromatic N) is 1. The van der Waals surface area contributed by atoms with Crippen molar-refractivity contribution in [2.75, 3.05) is 4.90 Å². The molecular formula is C42H29NO. The molecule has 0 amide bonds. The maximum absolute atomic E-state index is 6.81. The zero-order valence-corrected chi connectivity index (χ0v) is 24.6. The molecule has 0 aliphatic rings. The predicted molar refractivity (Wildman–Crippen MR) is 188 cm³/mol. The Bertz CT molecular complexity index is 2540. The third-order valence-corrected chi connectivity index (χ3v) is 9.08. The van der Waals surface area contributed by atoms with Crippen molar-refractivity contribution in [1.82, 2.24) is 0 Å². The molecule has 0 atom stereocenters. The number of benzene rings is 8. The third kappa shape index (κ3) is 3.68. The lowest BCUT2D eigenvalue weighted by molar-refractivity contribution is 0.670. The van der Waals surface area contributed by atoms with Crippen LogP contribution in [0.2, 0.25) is 0 Å². The van der Waals surface area contributed by atoms with Crippen molar-refractivity contribution in [2.45, 2.75) is 13.8 Å². The van der Waals surface area contributed by atoms with Crippen LogP contribution in [0, 0.1) is 13.8 Å². The third-order valence-electron chi connectivity index (χ3n) is 9.08. The largest absolute Gasteiger partial charge is 0.456 e. The maximum Gasteiger partial charge on any atom is 0.138 e. The maximum atomic E-state index is 6.81. The summed E-state index contributed by atoms with van der Waals surface area (Å²) in [5, 5.41) is 12.2. The highest BCUT2D eigenvalue weighted by atomic mass is 16.3. The monoisotopic (exact) mass is 563 g/mol. The van der Waals surface area contributed by atoms with Gasteiger partial charge in [-0.2, -0.15) is 0 Å². The van der Waals surface area contributed by atoms with Gasteiger partial charge in [-0.3, -0.25) is 0 Å². The van der Waals surface area contributed by atoms with Crippen LogP contribution in [0.15, 0.2) is 144 Å². The highest BCUT2D eigenvalue weighted by molar-refractivity contribution is 6.30. The van der Waals surface area contributed by atoms with Gasteiger partial charge in [0, 0.05) is 33.6 Å². The van der Waals surface area contributed by atoms with Gasteiger partial charge in [0.15, 0.2) is 0 Å². The van der Waals surface area contributed by atoms with E-state index in [-0.39, 0.29) is 0 Å². The van der Waals surface area contributed by atoms with Gasteiger partial charge in [0.05, 0.1) is 5.69 Å². The molecular weight excluding hydrogens is 534 g/mol. The molecule has 0 unspecified atom stereocenters. The van der Waals surface area contributed by atoms with E-state index in [2.05, 4.69) is 158 Å². The first-order chi connectivity index (χ1) is 21.6. The van der Waals surface area contributed by atoms with Gasteiger partial charge in [-0.25, -0.2) is 0 Å². The Hall–Kier alpha value is -5.60. The van der Waals surface area contributed by atoms with E-state index in [1.165, 1.54) is 54.2 Å². The standard InChI is InChI=1S/C42H29NO/c1-26-11-9-13-28(21-26)43(29-14-10-12-27(2)22-29)39-25-41-42(35-20-8-7-19-34(35)39)38-23-36-32-17-5-3-15-30(32)31-16-4-6-18-33(31)37(36)24-40(38)44-41/h3-25H,1-2H3. The highest BCUT2D eigenvalue weighted by Crippen LogP contribution is 2.46. The van der Waals surface area contributed by atoms with Gasteiger partial charge in [0.2, 0.25) is 0 Å². The molecule has 208 valence electrons. The SMILES string of the molecule is Cc1cccc(N(c2cccc(C)c2)c2cc3oc4cc5c6ccccc6c6ccccc6c5cc4c3c3ccccc23)c1. The highest BCUT2D eigenvalue weighted by Gasteiger charge is 2.21. The molecule has 9 aromatic rings. The summed E-state index contributed by atoms with van der Waals surface area (Å²) in [6, 6.07) is 50.5. The quantitative estimate of drug-likeness (QED) is 0.199. The van der Waals surface area contributed by atoms with E-state index in [1.807, 2.05) is 0 Å². The van der Waals surface area contributed by atoms with Crippen LogP contribution in [0.25, 0.3) is 65.0 Å². The molecule has 0 saturated carbocycles. The Morgan fingerprint density at radius 1 is 0.386 bits per heavy atom. The molecule has 8 aromatic carbocycles. The van der Waals surface area contributed by atoms with Gasteiger partial charge in [0.25, 0.3) is 0 Å². The molecule has 0 N–H and O–H groups in total. The number of aryl methyl sites for hydroxylation is 2. The van der Waals surface area contributed by atoms with E-state index in [0.29, 0.717) is 0 Å². The van der Waals surface area contributed by atoms with Gasteiger partial charge < -0.3 is 9.32 Å². The van der Waals surface area contributed by atoms with Crippen molar-refractivity contribution in [3.05, 3.63) is 151 Å². The average molecular weight is 564 g/mol. The Morgan fingerprint density at radius 3 is 1.45 bits per heavy atom. The van der Waals surface area contributed by atoms with Crippen LogP contribution in [0.1, 0.15) is 11.1 Å². The number of furan rings is 1. The number of anilines is 3. The van der Waals surface area contributed by atoms with Crippen LogP contribution in [-0.2, 0) is 0 Å². The topological polar surface area (TPSA) is 16.4 Å². The molecule has 9 rings (SSSR count). The van der Waals surface area contributed by atoms with E-state index < -0.39 is 0 Å². The summed E-state index contributed by atoms with van der Waals surface area (Å²) in [5.74, 6) is 0. The number of hydrogen-bond donors (Lipinski definition) is 0. The average Bonchev–Trinajstić information content (AvgIpc) is 3.42. The lowest BCUT2D eigenvalue weighted by atomic mass is 9.93. The Kier molecular flexibility index (Phi) is 5.36. The van der Waals surface area contributed by atoms with Gasteiger partial charge in [-0.15, -0.1) is 0 Å². The minimum atomic E-state index is 0.892. The minimum absolute atomic E-state index is 0.892. The second-order valence-corrected chi connectivity index (χ2v) is 11.9. The van der Waals surface area contributed by atoms with Crippen LogP contribution in [-0.4, -0.2) is 0 Å². The van der Waals surface area contributed by atoms with E-state index in [0.717, 1.165) is 39.0 Å². The molecule has 0 spiro atoms. The first-order valence-electron chi connectivity index (χ1n) is 15.2. The van der Waals surface area contributed by atoms with Crippen molar-refractivity contribution in [1.29, 1.82) is 0 Å². The predicted octanol–water partition coefficient (Wildman–Crippen LogP) is 12.3. The van der Waals surface area contributed by atoms with Gasteiger partial charge in [-0.1, -0.05) is 97.1 Å². The Balaban J connectivity index is 1.41. The van der Waals surface area contributed by atoms with Gasteiger partial charge in [-0.05, 0) is 99.1 Å². The lowest BCUT2D eigenvalue weighted by Gasteiger charge is -2.27. The second-order valence-electron chi connectivity index (χ2n) is 11.9. The summed E-state index contributed by atoms with van der Waals surface area (Å²) >= 11 is 0. The molecule has 1 aromatic heterocycles. The zero-order valence-electron chi connectivity index (χ0n) is 24.6. The van der Waals surface area contributed by atoms with Crippen molar-refractivity contribution in [3.8, 4) is 0 Å². The molecule has 2 heteroatoms. The first-order valence-corrected chi connectivity index (χ1v) is 15.2. The molecule has 0 aliphatic heterocycles. The van der Waals surface area contributed by atoms with E-state index in [9.17, 15) is 0 Å². The summed E-state index contributed by atoms with van der Waals surface area (Å²) < 4.78 is 6.81. The van der Waals surface area contributed by atoms with Crippen LogP contribution in [0.3, 0.4) is 0 Å². The second kappa shape index (κ2) is 9.45. The molecule has 2 nitrogen and oxygen atoms in total. The summed E-state index contributed by atoms with van der Waals surface area (Å²) in [5.41, 5.74) is 7.60. The van der Waals surface area contributed by atoms with Crippen LogP contribution in [0.4, 0.5) is 17.1 Å². The Labute approximate surface area is 255 Å². The van der Waals surface area contributed by atoms with Crippen LogP contribution in [0.5, 0.6) is 0 Å². The molecule has 0 radical (unpaired) electrons. The lowest BCUT2D eigenvalue weighted by Crippen LogP contribution is -2.11. The Morgan fingerprint density at radius 2 is 0.886 bits per heavy atom. The molecule has 0 fully saturated rings. The fourth-order valence-electron chi connectivity index (χ4n) is 7.17. The van der Waals surface area contributed by atoms with Crippen molar-refractivity contribution in [2.24, 2.45) is 0 Å². The fourth-order valence-corrected chi connectivity index (χ4v) is 7.17. The summed E-state index contributed by atoms with van der Waals surface area (Å²) in [6.07, 6.45) is 0. The normalized spacial score (nSPS) is 11.9. The van der Waals surface area contributed by atoms with E-state index in [1.54, 1.807) is 0 Å². The molecule has 1 heterocycles. The zero-order chi connectivity index (χ0) is 29.4. The molecule has 0 saturated heterocycles. The van der Waals surface area contributed by atoms with Crippen LogP contribution >= 0.6 is 0 Å².